The van der Waals surface area contributed by atoms with Crippen molar-refractivity contribution in [3.63, 3.8) is 0 Å². The largest absolute Gasteiger partial charge is 0.508 e. The normalized spacial score (nSPS) is 9.56. The molecular weight excluding hydrogens is 228 g/mol. The molecule has 0 amide bonds. The molecular formula is C14H12N2O2. The molecule has 2 N–H and O–H groups in total. The number of hydrogen-bond acceptors (Lipinski definition) is 4. The smallest absolute Gasteiger partial charge is 0.115 e. The summed E-state index contributed by atoms with van der Waals surface area (Å²) in [6.07, 6.45) is 3.52. The molecule has 0 bridgehead atoms. The van der Waals surface area contributed by atoms with Crippen LogP contribution in [0.15, 0.2) is 60.9 Å². The van der Waals surface area contributed by atoms with Crippen LogP contribution >= 0.6 is 0 Å². The van der Waals surface area contributed by atoms with E-state index in [-0.39, 0.29) is 11.5 Å². The van der Waals surface area contributed by atoms with Crippen LogP contribution in [-0.4, -0.2) is 20.4 Å². The average Bonchev–Trinajstić information content (AvgIpc) is 2.43. The minimum Gasteiger partial charge on any atom is -0.508 e. The monoisotopic (exact) mass is 240 g/mol. The number of nitrogens with zero attached hydrogens (tertiary/aromatic N) is 2. The lowest BCUT2D eigenvalue weighted by Gasteiger charge is -1.90. The van der Waals surface area contributed by atoms with Crippen molar-refractivity contribution in [2.24, 2.45) is 0 Å². The van der Waals surface area contributed by atoms with E-state index < -0.39 is 0 Å². The lowest BCUT2D eigenvalue weighted by Crippen LogP contribution is -1.77. The van der Waals surface area contributed by atoms with Gasteiger partial charge in [0.15, 0.2) is 0 Å². The number of phenols is 2. The Kier molecular flexibility index (Phi) is 3.71. The molecule has 1 heterocycles. The van der Waals surface area contributed by atoms with Crippen LogP contribution in [0, 0.1) is 0 Å². The molecule has 0 fully saturated rings. The van der Waals surface area contributed by atoms with Gasteiger partial charge in [-0.2, -0.15) is 10.2 Å². The Morgan fingerprint density at radius 3 is 1.39 bits per heavy atom. The van der Waals surface area contributed by atoms with Gasteiger partial charge in [0.2, 0.25) is 0 Å². The first-order valence-electron chi connectivity index (χ1n) is 5.39. The molecule has 90 valence electrons. The van der Waals surface area contributed by atoms with Gasteiger partial charge in [0, 0.05) is 10.8 Å². The summed E-state index contributed by atoms with van der Waals surface area (Å²) in [4.78, 5) is 0. The van der Waals surface area contributed by atoms with E-state index in [1.54, 1.807) is 12.4 Å². The highest BCUT2D eigenvalue weighted by atomic mass is 16.3. The van der Waals surface area contributed by atoms with Gasteiger partial charge in [0.1, 0.15) is 11.5 Å². The second-order valence-corrected chi connectivity index (χ2v) is 3.63. The molecule has 0 unspecified atom stereocenters. The van der Waals surface area contributed by atoms with Crippen LogP contribution in [0.5, 0.6) is 11.5 Å². The summed E-state index contributed by atoms with van der Waals surface area (Å²) in [6.45, 7) is 0. The first-order chi connectivity index (χ1) is 8.75. The van der Waals surface area contributed by atoms with Crippen LogP contribution in [0.3, 0.4) is 0 Å². The van der Waals surface area contributed by atoms with Gasteiger partial charge in [-0.25, -0.2) is 0 Å². The molecule has 0 saturated carbocycles. The lowest BCUT2D eigenvalue weighted by molar-refractivity contribution is 0.460. The summed E-state index contributed by atoms with van der Waals surface area (Å²) in [5.41, 5.74) is 0. The molecule has 0 aliphatic carbocycles. The maximum atomic E-state index is 8.65. The van der Waals surface area contributed by atoms with Crippen molar-refractivity contribution in [3.05, 3.63) is 60.9 Å². The first-order valence-corrected chi connectivity index (χ1v) is 5.39. The second-order valence-electron chi connectivity index (χ2n) is 3.63. The Morgan fingerprint density at radius 2 is 1.00 bits per heavy atom. The van der Waals surface area contributed by atoms with Crippen molar-refractivity contribution in [2.75, 3.05) is 0 Å². The maximum absolute atomic E-state index is 8.65. The zero-order valence-corrected chi connectivity index (χ0v) is 9.56. The molecule has 0 saturated heterocycles. The zero-order valence-electron chi connectivity index (χ0n) is 9.56. The van der Waals surface area contributed by atoms with E-state index in [9.17, 15) is 0 Å². The number of phenolic OH excluding ortho intramolecular Hbond substituents is 2. The van der Waals surface area contributed by atoms with Crippen LogP contribution in [0.1, 0.15) is 0 Å². The van der Waals surface area contributed by atoms with E-state index in [2.05, 4.69) is 10.2 Å². The quantitative estimate of drug-likeness (QED) is 0.593. The molecule has 2 aromatic carbocycles. The van der Waals surface area contributed by atoms with Crippen molar-refractivity contribution >= 4 is 10.8 Å². The number of rotatable bonds is 0. The summed E-state index contributed by atoms with van der Waals surface area (Å²) in [7, 11) is 0. The third-order valence-electron chi connectivity index (χ3n) is 2.31. The van der Waals surface area contributed by atoms with Crippen molar-refractivity contribution in [1.82, 2.24) is 10.2 Å². The van der Waals surface area contributed by atoms with Crippen molar-refractivity contribution in [1.29, 1.82) is 0 Å². The third-order valence-corrected chi connectivity index (χ3v) is 2.31. The molecule has 0 spiro atoms. The molecule has 0 radical (unpaired) electrons. The van der Waals surface area contributed by atoms with E-state index >= 15 is 0 Å². The Bertz CT molecular complexity index is 538. The predicted molar refractivity (Wildman–Crippen MR) is 69.3 cm³/mol. The van der Waals surface area contributed by atoms with Crippen molar-refractivity contribution < 1.29 is 10.2 Å². The minimum atomic E-state index is 0.169. The van der Waals surface area contributed by atoms with Crippen LogP contribution in [0.2, 0.25) is 0 Å². The van der Waals surface area contributed by atoms with Crippen molar-refractivity contribution in [2.45, 2.75) is 0 Å². The third kappa shape index (κ3) is 3.18. The van der Waals surface area contributed by atoms with Crippen LogP contribution in [0.25, 0.3) is 10.8 Å². The van der Waals surface area contributed by atoms with E-state index in [1.807, 2.05) is 24.3 Å². The highest BCUT2D eigenvalue weighted by Crippen LogP contribution is 2.13. The fourth-order valence-corrected chi connectivity index (χ4v) is 1.39. The molecule has 4 heteroatoms. The molecule has 0 atom stereocenters. The van der Waals surface area contributed by atoms with E-state index in [4.69, 9.17) is 10.2 Å². The zero-order chi connectivity index (χ0) is 12.8. The molecule has 18 heavy (non-hydrogen) atoms. The summed E-state index contributed by atoms with van der Waals surface area (Å²) >= 11 is 0. The first kappa shape index (κ1) is 11.9. The van der Waals surface area contributed by atoms with E-state index in [0.717, 1.165) is 10.8 Å². The Balaban J connectivity index is 0.000000138. The van der Waals surface area contributed by atoms with E-state index in [1.165, 1.54) is 24.3 Å². The highest BCUT2D eigenvalue weighted by molar-refractivity contribution is 5.80. The fourth-order valence-electron chi connectivity index (χ4n) is 1.39. The van der Waals surface area contributed by atoms with Gasteiger partial charge in [-0.15, -0.1) is 0 Å². The van der Waals surface area contributed by atoms with Gasteiger partial charge in [-0.3, -0.25) is 0 Å². The Hall–Kier alpha value is -2.62. The summed E-state index contributed by atoms with van der Waals surface area (Å²) in [5, 5.41) is 27.1. The van der Waals surface area contributed by atoms with Gasteiger partial charge in [-0.05, 0) is 24.3 Å². The van der Waals surface area contributed by atoms with Gasteiger partial charge in [0.25, 0.3) is 0 Å². The summed E-state index contributed by atoms with van der Waals surface area (Å²) < 4.78 is 0. The predicted octanol–water partition coefficient (Wildman–Crippen LogP) is 2.73. The topological polar surface area (TPSA) is 66.2 Å². The van der Waals surface area contributed by atoms with Crippen LogP contribution in [-0.2, 0) is 0 Å². The molecule has 4 nitrogen and oxygen atoms in total. The van der Waals surface area contributed by atoms with E-state index in [0.29, 0.717) is 0 Å². The lowest BCUT2D eigenvalue weighted by atomic mass is 10.2. The molecule has 1 aromatic heterocycles. The Labute approximate surface area is 104 Å². The van der Waals surface area contributed by atoms with Crippen LogP contribution < -0.4 is 0 Å². The number of hydrogen-bond donors (Lipinski definition) is 2. The molecule has 3 rings (SSSR count). The highest BCUT2D eigenvalue weighted by Gasteiger charge is 1.87. The summed E-state index contributed by atoms with van der Waals surface area (Å²) in [5.74, 6) is 0.339. The molecule has 3 aromatic rings. The fraction of sp³-hybridized carbons (Fsp3) is 0. The second kappa shape index (κ2) is 5.63. The number of aromatic nitrogens is 2. The molecule has 0 aliphatic rings. The minimum absolute atomic E-state index is 0.169. The van der Waals surface area contributed by atoms with Gasteiger partial charge < -0.3 is 10.2 Å². The van der Waals surface area contributed by atoms with Gasteiger partial charge >= 0.3 is 0 Å². The van der Waals surface area contributed by atoms with Gasteiger partial charge in [0.05, 0.1) is 12.4 Å². The van der Waals surface area contributed by atoms with Crippen LogP contribution in [0.4, 0.5) is 0 Å². The average molecular weight is 240 g/mol. The number of benzene rings is 2. The SMILES string of the molecule is Oc1ccc(O)cc1.c1ccc2cnncc2c1. The number of aromatic hydroxyl groups is 2. The Morgan fingerprint density at radius 1 is 0.611 bits per heavy atom. The standard InChI is InChI=1S/C8H6N2.C6H6O2/c1-2-4-8-6-10-9-5-7(8)3-1;7-5-1-2-6(8)4-3-5/h1-6H;1-4,7-8H. The maximum Gasteiger partial charge on any atom is 0.115 e. The van der Waals surface area contributed by atoms with Crippen molar-refractivity contribution in [3.8, 4) is 11.5 Å². The number of fused-ring (bicyclic) bond motifs is 1. The summed E-state index contributed by atoms with van der Waals surface area (Å²) in [6, 6.07) is 13.7. The van der Waals surface area contributed by atoms with Gasteiger partial charge in [-0.1, -0.05) is 24.3 Å². The molecule has 0 aliphatic heterocycles.